The summed E-state index contributed by atoms with van der Waals surface area (Å²) in [6.07, 6.45) is 13.8. The van der Waals surface area contributed by atoms with E-state index in [-0.39, 0.29) is 5.92 Å². The highest BCUT2D eigenvalue weighted by Crippen LogP contribution is 2.26. The van der Waals surface area contributed by atoms with Gasteiger partial charge in [-0.05, 0) is 51.7 Å². The number of likely N-dealkylation sites (N-methyl/N-ethyl adjacent to an activating group) is 1. The molecule has 3 aliphatic rings. The van der Waals surface area contributed by atoms with E-state index < -0.39 is 0 Å². The molecule has 3 heterocycles. The minimum atomic E-state index is 0.220. The molecule has 3 rings (SSSR count). The zero-order valence-corrected chi connectivity index (χ0v) is 21.6. The van der Waals surface area contributed by atoms with Crippen LogP contribution in [0.15, 0.2) is 0 Å². The van der Waals surface area contributed by atoms with E-state index >= 15 is 0 Å². The Morgan fingerprint density at radius 1 is 0.667 bits per heavy atom. The van der Waals surface area contributed by atoms with Crippen molar-refractivity contribution in [3.8, 4) is 0 Å². The normalized spacial score (nSPS) is 22.1. The van der Waals surface area contributed by atoms with E-state index in [0.29, 0.717) is 17.9 Å². The number of amides is 2. The van der Waals surface area contributed by atoms with Crippen molar-refractivity contribution in [1.29, 1.82) is 0 Å². The lowest BCUT2D eigenvalue weighted by Gasteiger charge is -2.43. The molecule has 0 N–H and O–H groups in total. The molecular weight excluding hydrogens is 412 g/mol. The van der Waals surface area contributed by atoms with Crippen LogP contribution < -0.4 is 0 Å². The molecule has 33 heavy (non-hydrogen) atoms. The molecule has 0 atom stereocenters. The second-order valence-corrected chi connectivity index (χ2v) is 10.6. The van der Waals surface area contributed by atoms with Crippen LogP contribution in [0.2, 0.25) is 0 Å². The van der Waals surface area contributed by atoms with Gasteiger partial charge < -0.3 is 19.6 Å². The number of hydrogen-bond donors (Lipinski definition) is 0. The average molecular weight is 463 g/mol. The van der Waals surface area contributed by atoms with E-state index in [1.54, 1.807) is 0 Å². The van der Waals surface area contributed by atoms with E-state index in [9.17, 15) is 9.59 Å². The molecule has 0 saturated carbocycles. The van der Waals surface area contributed by atoms with E-state index in [2.05, 4.69) is 33.4 Å². The molecule has 3 aliphatic heterocycles. The zero-order chi connectivity index (χ0) is 23.5. The molecule has 0 aromatic rings. The summed E-state index contributed by atoms with van der Waals surface area (Å²) in [7, 11) is 0. The van der Waals surface area contributed by atoms with Crippen LogP contribution in [-0.2, 0) is 9.59 Å². The molecule has 6 heteroatoms. The molecule has 0 unspecified atom stereocenters. The Hall–Kier alpha value is -1.14. The van der Waals surface area contributed by atoms with Crippen LogP contribution in [0.4, 0.5) is 0 Å². The molecule has 3 saturated heterocycles. The highest BCUT2D eigenvalue weighted by atomic mass is 16.2. The van der Waals surface area contributed by atoms with E-state index in [1.807, 2.05) is 0 Å². The Morgan fingerprint density at radius 3 is 1.88 bits per heavy atom. The number of piperazine rings is 1. The first kappa shape index (κ1) is 26.5. The van der Waals surface area contributed by atoms with Crippen molar-refractivity contribution in [3.05, 3.63) is 0 Å². The Bertz CT molecular complexity index is 575. The summed E-state index contributed by atoms with van der Waals surface area (Å²) in [4.78, 5) is 34.8. The maximum atomic E-state index is 13.0. The summed E-state index contributed by atoms with van der Waals surface area (Å²) in [6.45, 7) is 13.3. The van der Waals surface area contributed by atoms with Crippen molar-refractivity contribution in [1.82, 2.24) is 19.6 Å². The third kappa shape index (κ3) is 8.24. The topological polar surface area (TPSA) is 47.1 Å². The number of nitrogens with zero attached hydrogens (tertiary/aromatic N) is 4. The molecule has 0 bridgehead atoms. The minimum Gasteiger partial charge on any atom is -0.343 e. The third-order valence-corrected chi connectivity index (χ3v) is 8.34. The molecule has 3 fully saturated rings. The monoisotopic (exact) mass is 462 g/mol. The third-order valence-electron chi connectivity index (χ3n) is 8.34. The van der Waals surface area contributed by atoms with E-state index in [4.69, 9.17) is 0 Å². The summed E-state index contributed by atoms with van der Waals surface area (Å²) < 4.78 is 0. The number of hydrogen-bond acceptors (Lipinski definition) is 4. The molecule has 0 aliphatic carbocycles. The van der Waals surface area contributed by atoms with Gasteiger partial charge in [0.1, 0.15) is 0 Å². The Kier molecular flexibility index (Phi) is 11.5. The van der Waals surface area contributed by atoms with Crippen LogP contribution >= 0.6 is 0 Å². The van der Waals surface area contributed by atoms with Gasteiger partial charge in [-0.3, -0.25) is 9.59 Å². The van der Waals surface area contributed by atoms with Crippen molar-refractivity contribution in [3.63, 3.8) is 0 Å². The summed E-state index contributed by atoms with van der Waals surface area (Å²) >= 11 is 0. The first-order valence-electron chi connectivity index (χ1n) is 14.1. The molecule has 6 nitrogen and oxygen atoms in total. The number of carbonyl (C=O) groups excluding carboxylic acids is 2. The van der Waals surface area contributed by atoms with Crippen molar-refractivity contribution in [2.75, 3.05) is 58.9 Å². The van der Waals surface area contributed by atoms with E-state index in [1.165, 1.54) is 38.5 Å². The lowest BCUT2D eigenvalue weighted by atomic mass is 9.92. The van der Waals surface area contributed by atoms with Crippen LogP contribution in [0.5, 0.6) is 0 Å². The predicted molar refractivity (Wildman–Crippen MR) is 135 cm³/mol. The van der Waals surface area contributed by atoms with Gasteiger partial charge in [0, 0.05) is 57.6 Å². The second-order valence-electron chi connectivity index (χ2n) is 10.6. The lowest BCUT2D eigenvalue weighted by molar-refractivity contribution is -0.139. The molecule has 0 radical (unpaired) electrons. The molecular formula is C27H50N4O2. The SMILES string of the molecule is CCCCCCCCCC(=O)N1CCC(N2CCC(C(=O)N3CCN(CC)CC3)CC2)CC1. The quantitative estimate of drug-likeness (QED) is 0.436. The number of unbranched alkanes of at least 4 members (excludes halogenated alkanes) is 6. The highest BCUT2D eigenvalue weighted by molar-refractivity contribution is 5.79. The van der Waals surface area contributed by atoms with Gasteiger partial charge in [-0.2, -0.15) is 0 Å². The van der Waals surface area contributed by atoms with Crippen LogP contribution in [0.25, 0.3) is 0 Å². The van der Waals surface area contributed by atoms with Crippen molar-refractivity contribution < 1.29 is 9.59 Å². The Labute approximate surface area is 203 Å². The summed E-state index contributed by atoms with van der Waals surface area (Å²) in [5.41, 5.74) is 0. The highest BCUT2D eigenvalue weighted by Gasteiger charge is 2.33. The van der Waals surface area contributed by atoms with Gasteiger partial charge in [0.15, 0.2) is 0 Å². The maximum Gasteiger partial charge on any atom is 0.225 e. The van der Waals surface area contributed by atoms with Gasteiger partial charge in [0.2, 0.25) is 11.8 Å². The van der Waals surface area contributed by atoms with Gasteiger partial charge in [-0.1, -0.05) is 52.4 Å². The molecule has 0 aromatic heterocycles. The fraction of sp³-hybridized carbons (Fsp3) is 0.926. The molecule has 0 aromatic carbocycles. The Morgan fingerprint density at radius 2 is 1.27 bits per heavy atom. The Balaban J connectivity index is 1.28. The number of likely N-dealkylation sites (tertiary alicyclic amines) is 2. The van der Waals surface area contributed by atoms with Gasteiger partial charge in [0.25, 0.3) is 0 Å². The smallest absolute Gasteiger partial charge is 0.225 e. The van der Waals surface area contributed by atoms with Gasteiger partial charge >= 0.3 is 0 Å². The van der Waals surface area contributed by atoms with Gasteiger partial charge in [-0.15, -0.1) is 0 Å². The molecule has 2 amide bonds. The number of piperidine rings is 2. The van der Waals surface area contributed by atoms with Crippen LogP contribution in [0, 0.1) is 5.92 Å². The largest absolute Gasteiger partial charge is 0.343 e. The predicted octanol–water partition coefficient (Wildman–Crippen LogP) is 3.99. The number of carbonyl (C=O) groups is 2. The van der Waals surface area contributed by atoms with Crippen LogP contribution in [0.1, 0.15) is 90.9 Å². The molecule has 190 valence electrons. The first-order valence-corrected chi connectivity index (χ1v) is 14.1. The summed E-state index contributed by atoms with van der Waals surface area (Å²) in [6, 6.07) is 0.594. The fourth-order valence-corrected chi connectivity index (χ4v) is 5.93. The van der Waals surface area contributed by atoms with E-state index in [0.717, 1.165) is 97.4 Å². The van der Waals surface area contributed by atoms with Gasteiger partial charge in [0.05, 0.1) is 0 Å². The maximum absolute atomic E-state index is 13.0. The van der Waals surface area contributed by atoms with Crippen LogP contribution in [0.3, 0.4) is 0 Å². The molecule has 0 spiro atoms. The summed E-state index contributed by atoms with van der Waals surface area (Å²) in [5, 5.41) is 0. The van der Waals surface area contributed by atoms with Crippen molar-refractivity contribution in [2.45, 2.75) is 96.9 Å². The summed E-state index contributed by atoms with van der Waals surface area (Å²) in [5.74, 6) is 0.990. The van der Waals surface area contributed by atoms with Crippen molar-refractivity contribution >= 4 is 11.8 Å². The fourth-order valence-electron chi connectivity index (χ4n) is 5.93. The zero-order valence-electron chi connectivity index (χ0n) is 21.6. The number of rotatable bonds is 11. The second kappa shape index (κ2) is 14.3. The standard InChI is InChI=1S/C27H50N4O2/c1-3-5-6-7-8-9-10-11-26(32)30-18-14-25(15-19-30)29-16-12-24(13-17-29)27(33)31-22-20-28(4-2)21-23-31/h24-25H,3-23H2,1-2H3. The first-order chi connectivity index (χ1) is 16.1. The lowest BCUT2D eigenvalue weighted by Crippen LogP contribution is -2.53. The van der Waals surface area contributed by atoms with Gasteiger partial charge in [-0.25, -0.2) is 0 Å². The van der Waals surface area contributed by atoms with Crippen molar-refractivity contribution in [2.24, 2.45) is 5.92 Å². The average Bonchev–Trinajstić information content (AvgIpc) is 2.88. The van der Waals surface area contributed by atoms with Crippen LogP contribution in [-0.4, -0.2) is 96.4 Å². The minimum absolute atomic E-state index is 0.220.